The van der Waals surface area contributed by atoms with Crippen LogP contribution in [0.15, 0.2) is 4.58 Å². The number of ether oxygens (including phenoxy) is 1. The summed E-state index contributed by atoms with van der Waals surface area (Å²) in [6.07, 6.45) is -7.52. The van der Waals surface area contributed by atoms with Gasteiger partial charge in [-0.25, -0.2) is 0 Å². The topological polar surface area (TPSA) is 178 Å². The lowest BCUT2D eigenvalue weighted by Crippen LogP contribution is -2.66. The van der Waals surface area contributed by atoms with Crippen molar-refractivity contribution in [1.29, 1.82) is 0 Å². The van der Waals surface area contributed by atoms with E-state index >= 15 is 0 Å². The third-order valence-electron chi connectivity index (χ3n) is 3.75. The molecule has 12 heteroatoms. The van der Waals surface area contributed by atoms with Crippen molar-refractivity contribution in [3.8, 4) is 0 Å². The molecule has 6 N–H and O–H groups in total. The van der Waals surface area contributed by atoms with E-state index in [9.17, 15) is 29.8 Å². The first-order valence-electron chi connectivity index (χ1n) is 7.44. The van der Waals surface area contributed by atoms with E-state index in [-0.39, 0.29) is 0 Å². The second-order valence-electron chi connectivity index (χ2n) is 6.16. The van der Waals surface area contributed by atoms with Crippen LogP contribution in [0.5, 0.6) is 0 Å². The van der Waals surface area contributed by atoms with E-state index < -0.39 is 59.9 Å². The number of hydrogen-bond donors (Lipinski definition) is 6. The number of aliphatic hydroxyl groups is 4. The normalized spacial score (nSPS) is 31.1. The fourth-order valence-electron chi connectivity index (χ4n) is 2.35. The van der Waals surface area contributed by atoms with Gasteiger partial charge in [0.2, 0.25) is 11.8 Å². The van der Waals surface area contributed by atoms with Crippen molar-refractivity contribution in [2.45, 2.75) is 62.2 Å². The van der Waals surface area contributed by atoms with Gasteiger partial charge in [0.05, 0.1) is 11.4 Å². The van der Waals surface area contributed by atoms with Crippen LogP contribution in [0, 0.1) is 4.91 Å². The van der Waals surface area contributed by atoms with Crippen molar-refractivity contribution in [1.82, 2.24) is 10.6 Å². The standard InChI is InChI=1S/C13H23N3O8S/c1-5(18)14-10(13(2,3)25-16-23)11(22)15-12-9(21)8(20)7(19)6(4-17)24-12/h6-10,12,17,19-21H,4H2,1-3H3,(H,14,18)(H,15,22)/t6-,7+,8+,9-,10-,12-/m1/s1. The summed E-state index contributed by atoms with van der Waals surface area (Å²) in [7, 11) is 0. The van der Waals surface area contributed by atoms with Crippen LogP contribution < -0.4 is 10.6 Å². The quantitative estimate of drug-likeness (QED) is 0.207. The summed E-state index contributed by atoms with van der Waals surface area (Å²) in [5.74, 6) is -1.34. The summed E-state index contributed by atoms with van der Waals surface area (Å²) < 4.78 is 6.74. The molecule has 0 aliphatic carbocycles. The molecule has 1 heterocycles. The Bertz CT molecular complexity index is 504. The number of aliphatic hydroxyl groups excluding tert-OH is 4. The molecule has 0 saturated carbocycles. The Hall–Kier alpha value is -1.31. The molecule has 1 aliphatic heterocycles. The van der Waals surface area contributed by atoms with Crippen molar-refractivity contribution in [3.05, 3.63) is 4.91 Å². The van der Waals surface area contributed by atoms with Crippen LogP contribution in [-0.4, -0.2) is 80.3 Å². The van der Waals surface area contributed by atoms with Crippen LogP contribution in [0.3, 0.4) is 0 Å². The highest BCUT2D eigenvalue weighted by atomic mass is 32.2. The van der Waals surface area contributed by atoms with Gasteiger partial charge >= 0.3 is 0 Å². The third-order valence-corrected chi connectivity index (χ3v) is 4.54. The molecule has 1 aliphatic rings. The Kier molecular flexibility index (Phi) is 7.71. The van der Waals surface area contributed by atoms with Gasteiger partial charge in [0.25, 0.3) is 0 Å². The highest BCUT2D eigenvalue weighted by Crippen LogP contribution is 2.29. The summed E-state index contributed by atoms with van der Waals surface area (Å²) in [6, 6.07) is -1.21. The second-order valence-corrected chi connectivity index (χ2v) is 7.54. The number of carbonyl (C=O) groups is 2. The molecule has 6 atom stereocenters. The zero-order valence-electron chi connectivity index (χ0n) is 13.9. The van der Waals surface area contributed by atoms with Crippen LogP contribution >= 0.6 is 11.9 Å². The maximum atomic E-state index is 12.5. The van der Waals surface area contributed by atoms with Crippen LogP contribution in [0.4, 0.5) is 0 Å². The van der Waals surface area contributed by atoms with E-state index in [0.29, 0.717) is 11.9 Å². The zero-order valence-corrected chi connectivity index (χ0v) is 14.8. The van der Waals surface area contributed by atoms with E-state index in [1.807, 2.05) is 0 Å². The molecule has 0 aromatic heterocycles. The fraction of sp³-hybridized carbons (Fsp3) is 0.846. The Labute approximate surface area is 148 Å². The summed E-state index contributed by atoms with van der Waals surface area (Å²) in [4.78, 5) is 34.4. The predicted octanol–water partition coefficient (Wildman–Crippen LogP) is -2.40. The Morgan fingerprint density at radius 2 is 1.84 bits per heavy atom. The molecule has 0 unspecified atom stereocenters. The minimum Gasteiger partial charge on any atom is -0.394 e. The highest BCUT2D eigenvalue weighted by Gasteiger charge is 2.46. The van der Waals surface area contributed by atoms with Crippen LogP contribution in [0.25, 0.3) is 0 Å². The number of nitrogens with one attached hydrogen (secondary N) is 2. The van der Waals surface area contributed by atoms with Gasteiger partial charge in [-0.15, -0.1) is 4.91 Å². The smallest absolute Gasteiger partial charge is 0.246 e. The molecule has 0 aromatic carbocycles. The van der Waals surface area contributed by atoms with Crippen molar-refractivity contribution in [2.24, 2.45) is 4.58 Å². The van der Waals surface area contributed by atoms with E-state index in [1.165, 1.54) is 20.8 Å². The van der Waals surface area contributed by atoms with Crippen LogP contribution in [0.1, 0.15) is 20.8 Å². The van der Waals surface area contributed by atoms with Crippen molar-refractivity contribution < 1.29 is 34.8 Å². The molecule has 1 fully saturated rings. The van der Waals surface area contributed by atoms with E-state index in [1.54, 1.807) is 0 Å². The number of carbonyl (C=O) groups excluding carboxylic acids is 2. The van der Waals surface area contributed by atoms with Crippen molar-refractivity contribution in [3.63, 3.8) is 0 Å². The third kappa shape index (κ3) is 5.33. The first kappa shape index (κ1) is 21.7. The first-order valence-corrected chi connectivity index (χ1v) is 8.21. The van der Waals surface area contributed by atoms with E-state index in [2.05, 4.69) is 15.2 Å². The lowest BCUT2D eigenvalue weighted by Gasteiger charge is -2.41. The van der Waals surface area contributed by atoms with Crippen LogP contribution in [-0.2, 0) is 14.3 Å². The van der Waals surface area contributed by atoms with Gasteiger partial charge in [-0.05, 0) is 13.8 Å². The maximum absolute atomic E-state index is 12.5. The summed E-state index contributed by atoms with van der Waals surface area (Å²) in [5, 5.41) is 43.2. The average molecular weight is 381 g/mol. The SMILES string of the molecule is CC(=O)N[C@H](C(=O)N[C@@H]1O[C@H](CO)[C@H](O)[C@H](O)[C@H]1O)C(C)(C)SN=O. The lowest BCUT2D eigenvalue weighted by atomic mass is 9.97. The molecular formula is C13H23N3O8S. The maximum Gasteiger partial charge on any atom is 0.246 e. The Balaban J connectivity index is 2.94. The van der Waals surface area contributed by atoms with Gasteiger partial charge in [0.15, 0.2) is 6.23 Å². The monoisotopic (exact) mass is 381 g/mol. The fourth-order valence-corrected chi connectivity index (χ4v) is 2.81. The largest absolute Gasteiger partial charge is 0.394 e. The molecule has 2 amide bonds. The average Bonchev–Trinajstić information content (AvgIpc) is 2.52. The van der Waals surface area contributed by atoms with Gasteiger partial charge in [-0.2, -0.15) is 0 Å². The first-order chi connectivity index (χ1) is 11.5. The van der Waals surface area contributed by atoms with E-state index in [0.717, 1.165) is 0 Å². The Morgan fingerprint density at radius 3 is 2.32 bits per heavy atom. The summed E-state index contributed by atoms with van der Waals surface area (Å²) in [5.41, 5.74) is 0. The molecule has 0 aromatic rings. The number of nitroso groups, excluding NO2 is 1. The van der Waals surface area contributed by atoms with Gasteiger partial charge in [0, 0.05) is 23.5 Å². The number of nitrogens with zero attached hydrogens (tertiary/aromatic N) is 1. The van der Waals surface area contributed by atoms with Gasteiger partial charge < -0.3 is 35.8 Å². The molecule has 25 heavy (non-hydrogen) atoms. The minimum absolute atomic E-state index is 0.534. The molecule has 0 radical (unpaired) electrons. The number of amides is 2. The molecule has 11 nitrogen and oxygen atoms in total. The Morgan fingerprint density at radius 1 is 1.24 bits per heavy atom. The molecular weight excluding hydrogens is 358 g/mol. The van der Waals surface area contributed by atoms with Crippen molar-refractivity contribution in [2.75, 3.05) is 6.61 Å². The second kappa shape index (κ2) is 8.87. The summed E-state index contributed by atoms with van der Waals surface area (Å²) in [6.45, 7) is 3.55. The van der Waals surface area contributed by atoms with Crippen molar-refractivity contribution >= 4 is 23.8 Å². The van der Waals surface area contributed by atoms with Gasteiger partial charge in [-0.3, -0.25) is 9.59 Å². The zero-order chi connectivity index (χ0) is 19.4. The van der Waals surface area contributed by atoms with Gasteiger partial charge in [0.1, 0.15) is 30.5 Å². The van der Waals surface area contributed by atoms with E-state index in [4.69, 9.17) is 9.84 Å². The molecule has 0 spiro atoms. The lowest BCUT2D eigenvalue weighted by molar-refractivity contribution is -0.236. The van der Waals surface area contributed by atoms with Crippen LogP contribution in [0.2, 0.25) is 0 Å². The molecule has 0 bridgehead atoms. The molecule has 1 saturated heterocycles. The summed E-state index contributed by atoms with van der Waals surface area (Å²) >= 11 is 0.542. The minimum atomic E-state index is -1.67. The predicted molar refractivity (Wildman–Crippen MR) is 87.0 cm³/mol. The molecule has 144 valence electrons. The molecule has 1 rings (SSSR count). The highest BCUT2D eigenvalue weighted by molar-refractivity contribution is 7.99. The van der Waals surface area contributed by atoms with Gasteiger partial charge in [-0.1, -0.05) is 0 Å². The number of rotatable bonds is 7. The number of hydrogen-bond acceptors (Lipinski definition) is 10.